The fraction of sp³-hybridized carbons (Fsp3) is 0.444. The van der Waals surface area contributed by atoms with Gasteiger partial charge >= 0.3 is 37.7 Å². The van der Waals surface area contributed by atoms with Crippen LogP contribution < -0.4 is 0 Å². The van der Waals surface area contributed by atoms with Crippen LogP contribution in [0.2, 0.25) is 0 Å². The molecule has 0 unspecified atom stereocenters. The van der Waals surface area contributed by atoms with E-state index in [-0.39, 0.29) is 47.5 Å². The third-order valence-electron chi connectivity index (χ3n) is 8.03. The van der Waals surface area contributed by atoms with E-state index in [1.54, 1.807) is 12.1 Å². The zero-order chi connectivity index (χ0) is 32.3. The molecule has 4 aromatic carbocycles. The van der Waals surface area contributed by atoms with E-state index in [0.717, 1.165) is 86.1 Å². The normalized spacial score (nSPS) is 11.7. The second-order valence-corrected chi connectivity index (χ2v) is 14.1. The van der Waals surface area contributed by atoms with Crippen LogP contribution in [0.4, 0.5) is 0 Å². The topological polar surface area (TPSA) is 114 Å². The minimum atomic E-state index is -4.49. The van der Waals surface area contributed by atoms with Crippen molar-refractivity contribution in [2.75, 3.05) is 0 Å². The number of unbranched alkanes of at least 4 members (excludes halogenated alkanes) is 4. The van der Waals surface area contributed by atoms with Gasteiger partial charge in [-0.05, 0) is 84.4 Å². The molecule has 240 valence electrons. The third-order valence-corrected chi connectivity index (χ3v) is 9.96. The fourth-order valence-corrected chi connectivity index (χ4v) is 7.76. The Labute approximate surface area is 300 Å². The van der Waals surface area contributed by atoms with Crippen molar-refractivity contribution in [3.05, 3.63) is 82.9 Å². The Balaban J connectivity index is 0.000000307. The number of hydrogen-bond donors (Lipinski definition) is 0. The zero-order valence-corrected chi connectivity index (χ0v) is 31.1. The van der Waals surface area contributed by atoms with Gasteiger partial charge < -0.3 is 9.11 Å². The molecule has 0 radical (unpaired) electrons. The summed E-state index contributed by atoms with van der Waals surface area (Å²) in [4.78, 5) is 0.00954. The van der Waals surface area contributed by atoms with Crippen molar-refractivity contribution in [1.82, 2.24) is 0 Å². The molecule has 0 aliphatic carbocycles. The number of hydrogen-bond acceptors (Lipinski definition) is 6. The average molecular weight is 679 g/mol. The molecule has 0 atom stereocenters. The number of benzene rings is 4. The second kappa shape index (κ2) is 18.7. The second-order valence-electron chi connectivity index (χ2n) is 11.5. The minimum Gasteiger partial charge on any atom is -0.744 e. The predicted molar refractivity (Wildman–Crippen MR) is 184 cm³/mol. The molecule has 4 aromatic rings. The number of aryl methyl sites for hydroxylation is 4. The minimum absolute atomic E-state index is 0. The summed E-state index contributed by atoms with van der Waals surface area (Å²) in [5.74, 6) is 0. The van der Waals surface area contributed by atoms with Gasteiger partial charge in [-0.2, -0.15) is 0 Å². The van der Waals surface area contributed by atoms with E-state index in [4.69, 9.17) is 0 Å². The quantitative estimate of drug-likeness (QED) is 0.0976. The monoisotopic (exact) mass is 678 g/mol. The Morgan fingerprint density at radius 1 is 0.467 bits per heavy atom. The first-order valence-electron chi connectivity index (χ1n) is 16.0. The summed E-state index contributed by atoms with van der Waals surface area (Å²) >= 11 is 0. The van der Waals surface area contributed by atoms with Crippen LogP contribution in [-0.2, 0) is 45.9 Å². The van der Waals surface area contributed by atoms with Crippen LogP contribution in [0.5, 0.6) is 0 Å². The van der Waals surface area contributed by atoms with E-state index in [9.17, 15) is 25.9 Å². The largest absolute Gasteiger partial charge is 2.00 e. The Kier molecular flexibility index (Phi) is 16.5. The SMILES string of the molecule is CCCCc1ccc2cccc(CCCC)c2c1S(=O)(=O)[O-].CCCCc1ccc2cccc(CCCC)c2c1S(=O)(=O)[O-].[Ca+2]. The van der Waals surface area contributed by atoms with Crippen molar-refractivity contribution in [3.8, 4) is 0 Å². The smallest absolute Gasteiger partial charge is 0.744 e. The van der Waals surface area contributed by atoms with Gasteiger partial charge in [-0.15, -0.1) is 0 Å². The van der Waals surface area contributed by atoms with Crippen LogP contribution in [0.25, 0.3) is 21.5 Å². The number of rotatable bonds is 14. The Morgan fingerprint density at radius 3 is 1.07 bits per heavy atom. The molecule has 9 heteroatoms. The fourth-order valence-electron chi connectivity index (χ4n) is 5.78. The first kappa shape index (κ1) is 39.7. The molecule has 0 saturated carbocycles. The van der Waals surface area contributed by atoms with Crippen LogP contribution in [-0.4, -0.2) is 63.7 Å². The van der Waals surface area contributed by atoms with Gasteiger partial charge in [-0.1, -0.05) is 114 Å². The van der Waals surface area contributed by atoms with Gasteiger partial charge in [0.05, 0.1) is 9.79 Å². The predicted octanol–water partition coefficient (Wildman–Crippen LogP) is 8.48. The Hall–Kier alpha value is -1.52. The summed E-state index contributed by atoms with van der Waals surface area (Å²) in [5, 5.41) is 2.95. The van der Waals surface area contributed by atoms with Gasteiger partial charge in [0.25, 0.3) is 0 Å². The summed E-state index contributed by atoms with van der Waals surface area (Å²) < 4.78 is 71.4. The van der Waals surface area contributed by atoms with E-state index >= 15 is 0 Å². The van der Waals surface area contributed by atoms with Crippen LogP contribution in [0.1, 0.15) is 101 Å². The van der Waals surface area contributed by atoms with E-state index in [1.165, 1.54) is 0 Å². The molecular formula is C36H46CaO6S2. The van der Waals surface area contributed by atoms with Crippen molar-refractivity contribution in [3.63, 3.8) is 0 Å². The van der Waals surface area contributed by atoms with Gasteiger partial charge in [0.1, 0.15) is 20.2 Å². The molecule has 0 aromatic heterocycles. The molecule has 0 heterocycles. The van der Waals surface area contributed by atoms with Crippen molar-refractivity contribution in [1.29, 1.82) is 0 Å². The summed E-state index contributed by atoms with van der Waals surface area (Å²) in [7, 11) is -8.98. The van der Waals surface area contributed by atoms with E-state index < -0.39 is 20.2 Å². The number of fused-ring (bicyclic) bond motifs is 2. The summed E-state index contributed by atoms with van der Waals surface area (Å²) in [6.07, 6.45) is 10.6. The summed E-state index contributed by atoms with van der Waals surface area (Å²) in [6, 6.07) is 19.0. The Bertz CT molecular complexity index is 1630. The maximum absolute atomic E-state index is 11.9. The van der Waals surface area contributed by atoms with Gasteiger partial charge in [0.2, 0.25) is 0 Å². The molecule has 0 N–H and O–H groups in total. The summed E-state index contributed by atoms with van der Waals surface area (Å²) in [5.41, 5.74) is 3.25. The van der Waals surface area contributed by atoms with Crippen molar-refractivity contribution in [2.45, 2.75) is 115 Å². The van der Waals surface area contributed by atoms with Crippen LogP contribution in [0, 0.1) is 0 Å². The molecular weight excluding hydrogens is 633 g/mol. The van der Waals surface area contributed by atoms with E-state index in [1.807, 2.05) is 48.5 Å². The van der Waals surface area contributed by atoms with Crippen LogP contribution >= 0.6 is 0 Å². The Morgan fingerprint density at radius 2 is 0.778 bits per heavy atom. The van der Waals surface area contributed by atoms with Gasteiger partial charge in [-0.25, -0.2) is 16.8 Å². The third kappa shape index (κ3) is 10.7. The molecule has 0 fully saturated rings. The first-order valence-corrected chi connectivity index (χ1v) is 18.8. The molecule has 0 aliphatic heterocycles. The average Bonchev–Trinajstić information content (AvgIpc) is 2.99. The molecule has 45 heavy (non-hydrogen) atoms. The summed E-state index contributed by atoms with van der Waals surface area (Å²) in [6.45, 7) is 8.31. The molecule has 4 rings (SSSR count). The zero-order valence-electron chi connectivity index (χ0n) is 27.2. The maximum Gasteiger partial charge on any atom is 2.00 e. The van der Waals surface area contributed by atoms with Crippen molar-refractivity contribution in [2.24, 2.45) is 0 Å². The molecule has 0 spiro atoms. The molecule has 0 saturated heterocycles. The van der Waals surface area contributed by atoms with Gasteiger partial charge in [-0.3, -0.25) is 0 Å². The molecule has 0 bridgehead atoms. The van der Waals surface area contributed by atoms with E-state index in [0.29, 0.717) is 34.7 Å². The molecule has 0 aliphatic rings. The van der Waals surface area contributed by atoms with Crippen molar-refractivity contribution >= 4 is 79.5 Å². The van der Waals surface area contributed by atoms with E-state index in [2.05, 4.69) is 27.7 Å². The first-order chi connectivity index (χ1) is 21.0. The molecule has 6 nitrogen and oxygen atoms in total. The maximum atomic E-state index is 11.9. The van der Waals surface area contributed by atoms with Crippen LogP contribution in [0.3, 0.4) is 0 Å². The van der Waals surface area contributed by atoms with Crippen LogP contribution in [0.15, 0.2) is 70.5 Å². The molecule has 0 amide bonds. The standard InChI is InChI=1S/2C18H24O3S.Ca/c2*1-3-5-8-14-10-7-11-15-12-13-16(9-6-4-2)18(17(14)15)22(19,20)21;/h2*7,10-13H,3-6,8-9H2,1-2H3,(H,19,20,21);/q;;+2/p-2. The van der Waals surface area contributed by atoms with Gasteiger partial charge in [0.15, 0.2) is 0 Å². The van der Waals surface area contributed by atoms with Gasteiger partial charge in [0, 0.05) is 10.8 Å². The van der Waals surface area contributed by atoms with Crippen molar-refractivity contribution < 1.29 is 25.9 Å².